The van der Waals surface area contributed by atoms with Gasteiger partial charge in [0, 0.05) is 5.56 Å². The van der Waals surface area contributed by atoms with E-state index in [9.17, 15) is 9.90 Å². The Morgan fingerprint density at radius 2 is 1.73 bits per heavy atom. The molecule has 4 aromatic rings. The first-order valence-corrected chi connectivity index (χ1v) is 10.6. The number of benzene rings is 4. The van der Waals surface area contributed by atoms with E-state index in [4.69, 9.17) is 9.47 Å². The second-order valence-electron chi connectivity index (χ2n) is 7.35. The van der Waals surface area contributed by atoms with Crippen LogP contribution in [0.4, 0.5) is 0 Å². The van der Waals surface area contributed by atoms with E-state index in [-0.39, 0.29) is 11.7 Å². The first-order valence-electron chi connectivity index (χ1n) is 10.6. The van der Waals surface area contributed by atoms with Crippen molar-refractivity contribution in [2.75, 3.05) is 6.61 Å². The SMILES string of the molecule is CCOc1cc(/C=N/NC(=O)c2ccc(COc3ccc4ccccc4c3)cc2)ccc1O. The molecule has 2 N–H and O–H groups in total. The molecule has 0 fully saturated rings. The van der Waals surface area contributed by atoms with Crippen LogP contribution in [-0.4, -0.2) is 23.8 Å². The number of fused-ring (bicyclic) bond motifs is 1. The lowest BCUT2D eigenvalue weighted by Gasteiger charge is -2.08. The maximum absolute atomic E-state index is 12.4. The summed E-state index contributed by atoms with van der Waals surface area (Å²) in [6.07, 6.45) is 1.49. The number of nitrogens with zero attached hydrogens (tertiary/aromatic N) is 1. The zero-order valence-electron chi connectivity index (χ0n) is 18.2. The summed E-state index contributed by atoms with van der Waals surface area (Å²) in [6, 6.07) is 26.2. The molecule has 0 heterocycles. The lowest BCUT2D eigenvalue weighted by molar-refractivity contribution is 0.0955. The van der Waals surface area contributed by atoms with E-state index in [1.807, 2.05) is 49.4 Å². The van der Waals surface area contributed by atoms with Crippen LogP contribution in [0.25, 0.3) is 10.8 Å². The molecule has 0 bridgehead atoms. The number of nitrogens with one attached hydrogen (secondary N) is 1. The second-order valence-corrected chi connectivity index (χ2v) is 7.35. The van der Waals surface area contributed by atoms with Crippen LogP contribution in [0.5, 0.6) is 17.2 Å². The van der Waals surface area contributed by atoms with Crippen LogP contribution in [-0.2, 0) is 6.61 Å². The van der Waals surface area contributed by atoms with Gasteiger partial charge in [-0.2, -0.15) is 5.10 Å². The number of phenols is 1. The molecule has 0 aromatic heterocycles. The van der Waals surface area contributed by atoms with Gasteiger partial charge < -0.3 is 14.6 Å². The van der Waals surface area contributed by atoms with Crippen molar-refractivity contribution >= 4 is 22.9 Å². The fourth-order valence-electron chi connectivity index (χ4n) is 3.29. The Bertz CT molecular complexity index is 1280. The smallest absolute Gasteiger partial charge is 0.271 e. The number of hydrogen-bond acceptors (Lipinski definition) is 5. The first-order chi connectivity index (χ1) is 16.1. The number of rotatable bonds is 8. The molecule has 0 unspecified atom stereocenters. The average Bonchev–Trinajstić information content (AvgIpc) is 2.85. The van der Waals surface area contributed by atoms with Crippen molar-refractivity contribution in [2.45, 2.75) is 13.5 Å². The zero-order chi connectivity index (χ0) is 23.0. The number of aromatic hydroxyl groups is 1. The molecule has 1 amide bonds. The maximum atomic E-state index is 12.4. The molecule has 4 aromatic carbocycles. The number of carbonyl (C=O) groups excluding carboxylic acids is 1. The number of ether oxygens (including phenoxy) is 2. The van der Waals surface area contributed by atoms with Crippen LogP contribution in [0.2, 0.25) is 0 Å². The minimum atomic E-state index is -0.322. The van der Waals surface area contributed by atoms with Crippen molar-refractivity contribution in [3.8, 4) is 17.2 Å². The summed E-state index contributed by atoms with van der Waals surface area (Å²) >= 11 is 0. The van der Waals surface area contributed by atoms with Crippen LogP contribution >= 0.6 is 0 Å². The Hall–Kier alpha value is -4.32. The highest BCUT2D eigenvalue weighted by atomic mass is 16.5. The van der Waals surface area contributed by atoms with E-state index in [1.165, 1.54) is 17.7 Å². The van der Waals surface area contributed by atoms with Crippen LogP contribution < -0.4 is 14.9 Å². The van der Waals surface area contributed by atoms with E-state index in [0.29, 0.717) is 30.1 Å². The highest BCUT2D eigenvalue weighted by Gasteiger charge is 2.06. The number of hydrogen-bond donors (Lipinski definition) is 2. The molecule has 0 aliphatic rings. The molecule has 33 heavy (non-hydrogen) atoms. The van der Waals surface area contributed by atoms with Crippen molar-refractivity contribution in [2.24, 2.45) is 5.10 Å². The highest BCUT2D eigenvalue weighted by Crippen LogP contribution is 2.26. The van der Waals surface area contributed by atoms with Gasteiger partial charge in [-0.15, -0.1) is 0 Å². The van der Waals surface area contributed by atoms with Crippen molar-refractivity contribution in [3.05, 3.63) is 102 Å². The van der Waals surface area contributed by atoms with Gasteiger partial charge in [0.2, 0.25) is 0 Å². The fourth-order valence-corrected chi connectivity index (χ4v) is 3.29. The van der Waals surface area contributed by atoms with Crippen LogP contribution in [0.1, 0.15) is 28.4 Å². The van der Waals surface area contributed by atoms with Gasteiger partial charge in [-0.25, -0.2) is 5.43 Å². The highest BCUT2D eigenvalue weighted by molar-refractivity contribution is 5.95. The van der Waals surface area contributed by atoms with E-state index in [0.717, 1.165) is 16.7 Å². The van der Waals surface area contributed by atoms with Gasteiger partial charge >= 0.3 is 0 Å². The topological polar surface area (TPSA) is 80.2 Å². The summed E-state index contributed by atoms with van der Waals surface area (Å²) < 4.78 is 11.2. The molecule has 4 rings (SSSR count). The van der Waals surface area contributed by atoms with Crippen molar-refractivity contribution in [1.82, 2.24) is 5.43 Å². The summed E-state index contributed by atoms with van der Waals surface area (Å²) in [7, 11) is 0. The second kappa shape index (κ2) is 10.3. The van der Waals surface area contributed by atoms with Gasteiger partial charge in [0.1, 0.15) is 12.4 Å². The largest absolute Gasteiger partial charge is 0.504 e. The molecular formula is C27H24N2O4. The Labute approximate surface area is 192 Å². The monoisotopic (exact) mass is 440 g/mol. The summed E-state index contributed by atoms with van der Waals surface area (Å²) in [5.41, 5.74) is 4.64. The summed E-state index contributed by atoms with van der Waals surface area (Å²) in [6.45, 7) is 2.68. The molecule has 0 aliphatic heterocycles. The first kappa shape index (κ1) is 21.9. The van der Waals surface area contributed by atoms with Gasteiger partial charge in [0.05, 0.1) is 12.8 Å². The van der Waals surface area contributed by atoms with Crippen molar-refractivity contribution in [1.29, 1.82) is 0 Å². The van der Waals surface area contributed by atoms with Crippen LogP contribution in [0.3, 0.4) is 0 Å². The van der Waals surface area contributed by atoms with Gasteiger partial charge in [0.25, 0.3) is 5.91 Å². The van der Waals surface area contributed by atoms with E-state index >= 15 is 0 Å². The third kappa shape index (κ3) is 5.68. The zero-order valence-corrected chi connectivity index (χ0v) is 18.2. The van der Waals surface area contributed by atoms with Crippen molar-refractivity contribution < 1.29 is 19.4 Å². The molecule has 6 heteroatoms. The Kier molecular flexibility index (Phi) is 6.85. The summed E-state index contributed by atoms with van der Waals surface area (Å²) in [5.74, 6) is 0.903. The molecule has 0 radical (unpaired) electrons. The molecule has 0 atom stereocenters. The third-order valence-electron chi connectivity index (χ3n) is 5.01. The average molecular weight is 440 g/mol. The number of phenolic OH excluding ortho intramolecular Hbond substituents is 1. The molecule has 166 valence electrons. The molecule has 0 aliphatic carbocycles. The Morgan fingerprint density at radius 3 is 2.52 bits per heavy atom. The lowest BCUT2D eigenvalue weighted by Crippen LogP contribution is -2.17. The number of hydrazone groups is 1. The Balaban J connectivity index is 1.32. The summed E-state index contributed by atoms with van der Waals surface area (Å²) in [4.78, 5) is 12.4. The number of carbonyl (C=O) groups is 1. The molecular weight excluding hydrogens is 416 g/mol. The predicted molar refractivity (Wildman–Crippen MR) is 129 cm³/mol. The van der Waals surface area contributed by atoms with E-state index < -0.39 is 0 Å². The molecule has 0 saturated carbocycles. The van der Waals surface area contributed by atoms with Gasteiger partial charge in [-0.1, -0.05) is 42.5 Å². The maximum Gasteiger partial charge on any atom is 0.271 e. The lowest BCUT2D eigenvalue weighted by atomic mass is 10.1. The van der Waals surface area contributed by atoms with Crippen molar-refractivity contribution in [3.63, 3.8) is 0 Å². The van der Waals surface area contributed by atoms with Gasteiger partial charge in [0.15, 0.2) is 11.5 Å². The molecule has 6 nitrogen and oxygen atoms in total. The Morgan fingerprint density at radius 1 is 0.939 bits per heavy atom. The third-order valence-corrected chi connectivity index (χ3v) is 5.01. The number of amides is 1. The van der Waals surface area contributed by atoms with Gasteiger partial charge in [-0.3, -0.25) is 4.79 Å². The van der Waals surface area contributed by atoms with E-state index in [1.54, 1.807) is 24.3 Å². The standard InChI is InChI=1S/C27H24N2O4/c1-2-32-26-15-20(9-14-25(26)30)17-28-29-27(31)22-10-7-19(8-11-22)18-33-24-13-12-21-5-3-4-6-23(21)16-24/h3-17,30H,2,18H2,1H3,(H,29,31)/b28-17+. The predicted octanol–water partition coefficient (Wildman–Crippen LogP) is 5.29. The quantitative estimate of drug-likeness (QED) is 0.288. The van der Waals surface area contributed by atoms with Gasteiger partial charge in [-0.05, 0) is 71.3 Å². The van der Waals surface area contributed by atoms with Crippen LogP contribution in [0.15, 0.2) is 90.0 Å². The minimum Gasteiger partial charge on any atom is -0.504 e. The normalized spacial score (nSPS) is 10.9. The summed E-state index contributed by atoms with van der Waals surface area (Å²) in [5, 5.41) is 16.0. The molecule has 0 spiro atoms. The minimum absolute atomic E-state index is 0.0581. The van der Waals surface area contributed by atoms with Crippen LogP contribution in [0, 0.1) is 0 Å². The van der Waals surface area contributed by atoms with E-state index in [2.05, 4.69) is 22.7 Å². The molecule has 0 saturated heterocycles. The fraction of sp³-hybridized carbons (Fsp3) is 0.111.